The van der Waals surface area contributed by atoms with Crippen LogP contribution in [0.25, 0.3) is 0 Å². The maximum absolute atomic E-state index is 12.0. The fraction of sp³-hybridized carbons (Fsp3) is 0.133. The Morgan fingerprint density at radius 3 is 2.59 bits per heavy atom. The number of carbonyl (C=O) groups is 3. The molecule has 0 saturated heterocycles. The van der Waals surface area contributed by atoms with Crippen LogP contribution in [0.3, 0.4) is 0 Å². The van der Waals surface area contributed by atoms with Crippen LogP contribution in [-0.4, -0.2) is 32.9 Å². The second-order valence-corrected chi connectivity index (χ2v) is 8.52. The third-order valence-electron chi connectivity index (χ3n) is 3.08. The number of primary sulfonamides is 1. The van der Waals surface area contributed by atoms with E-state index in [9.17, 15) is 22.8 Å². The smallest absolute Gasteiger partial charge is 0.339 e. The minimum atomic E-state index is -4.01. The van der Waals surface area contributed by atoms with Crippen molar-refractivity contribution in [2.75, 3.05) is 6.61 Å². The first-order valence-corrected chi connectivity index (χ1v) is 10.5. The van der Waals surface area contributed by atoms with Crippen molar-refractivity contribution >= 4 is 55.2 Å². The van der Waals surface area contributed by atoms with Crippen molar-refractivity contribution in [3.8, 4) is 0 Å². The van der Waals surface area contributed by atoms with E-state index in [1.807, 2.05) is 22.8 Å². The fourth-order valence-electron chi connectivity index (χ4n) is 1.83. The van der Waals surface area contributed by atoms with Gasteiger partial charge in [0.05, 0.1) is 17.0 Å². The zero-order chi connectivity index (χ0) is 20.0. The van der Waals surface area contributed by atoms with Gasteiger partial charge in [0.1, 0.15) is 0 Å². The van der Waals surface area contributed by atoms with Gasteiger partial charge in [0.2, 0.25) is 10.0 Å². The summed E-state index contributed by atoms with van der Waals surface area (Å²) in [6.07, 6.45) is 0. The van der Waals surface area contributed by atoms with Crippen LogP contribution in [0.1, 0.15) is 15.2 Å². The second-order valence-electron chi connectivity index (χ2n) is 5.07. The van der Waals surface area contributed by atoms with Crippen molar-refractivity contribution in [3.05, 3.63) is 50.6 Å². The molecule has 3 amide bonds. The van der Waals surface area contributed by atoms with Gasteiger partial charge in [-0.15, -0.1) is 11.3 Å². The molecule has 1 aromatic heterocycles. The summed E-state index contributed by atoms with van der Waals surface area (Å²) in [4.78, 5) is 36.0. The number of hydrogen-bond donors (Lipinski definition) is 3. The highest BCUT2D eigenvalue weighted by Gasteiger charge is 2.18. The highest BCUT2D eigenvalue weighted by Crippen LogP contribution is 2.21. The third-order valence-corrected chi connectivity index (χ3v) is 5.56. The number of hydrogen-bond acceptors (Lipinski definition) is 7. The molecule has 0 aliphatic heterocycles. The van der Waals surface area contributed by atoms with E-state index in [-0.39, 0.29) is 21.5 Å². The van der Waals surface area contributed by atoms with E-state index >= 15 is 0 Å². The number of halogens is 1. The Balaban J connectivity index is 1.87. The lowest BCUT2D eigenvalue weighted by Gasteiger charge is -2.08. The first kappa shape index (κ1) is 21.0. The van der Waals surface area contributed by atoms with E-state index < -0.39 is 34.5 Å². The molecule has 4 N–H and O–H groups in total. The van der Waals surface area contributed by atoms with Gasteiger partial charge < -0.3 is 10.1 Å². The molecule has 0 fully saturated rings. The van der Waals surface area contributed by atoms with Gasteiger partial charge in [0.25, 0.3) is 5.91 Å². The first-order valence-electron chi connectivity index (χ1n) is 7.26. The molecule has 0 aliphatic rings. The zero-order valence-electron chi connectivity index (χ0n) is 13.6. The Bertz CT molecular complexity index is 960. The molecule has 12 heteroatoms. The lowest BCUT2D eigenvalue weighted by molar-refractivity contribution is -0.123. The first-order chi connectivity index (χ1) is 12.7. The summed E-state index contributed by atoms with van der Waals surface area (Å²) in [5, 5.41) is 11.4. The van der Waals surface area contributed by atoms with Gasteiger partial charge >= 0.3 is 12.0 Å². The molecule has 0 saturated carbocycles. The van der Waals surface area contributed by atoms with Gasteiger partial charge in [-0.25, -0.2) is 23.1 Å². The Morgan fingerprint density at radius 1 is 1.22 bits per heavy atom. The van der Waals surface area contributed by atoms with Crippen molar-refractivity contribution in [2.45, 2.75) is 11.4 Å². The van der Waals surface area contributed by atoms with Crippen LogP contribution >= 0.6 is 27.3 Å². The number of nitrogens with one attached hydrogen (secondary N) is 2. The highest BCUT2D eigenvalue weighted by atomic mass is 79.9. The average Bonchev–Trinajstić information content (AvgIpc) is 3.11. The number of imide groups is 1. The van der Waals surface area contributed by atoms with E-state index in [1.165, 1.54) is 23.5 Å². The molecule has 0 atom stereocenters. The Morgan fingerprint density at radius 2 is 1.96 bits per heavy atom. The molecule has 2 rings (SSSR count). The van der Waals surface area contributed by atoms with Gasteiger partial charge in [-0.1, -0.05) is 6.07 Å². The van der Waals surface area contributed by atoms with Crippen LogP contribution in [0.2, 0.25) is 0 Å². The molecule has 9 nitrogen and oxygen atoms in total. The number of thiophene rings is 1. The van der Waals surface area contributed by atoms with E-state index in [0.29, 0.717) is 0 Å². The minimum Gasteiger partial charge on any atom is -0.452 e. The van der Waals surface area contributed by atoms with Crippen LogP contribution in [-0.2, 0) is 26.1 Å². The summed E-state index contributed by atoms with van der Waals surface area (Å²) in [6, 6.07) is 6.46. The number of urea groups is 1. The molecule has 0 bridgehead atoms. The number of esters is 1. The molecule has 2 aromatic rings. The van der Waals surface area contributed by atoms with Gasteiger partial charge in [0.15, 0.2) is 6.61 Å². The summed E-state index contributed by atoms with van der Waals surface area (Å²) in [7, 11) is -4.01. The number of nitrogens with two attached hydrogens (primary N) is 1. The van der Waals surface area contributed by atoms with E-state index in [1.54, 1.807) is 0 Å². The van der Waals surface area contributed by atoms with Crippen molar-refractivity contribution in [3.63, 3.8) is 0 Å². The van der Waals surface area contributed by atoms with Crippen LogP contribution in [0.4, 0.5) is 4.79 Å². The van der Waals surface area contributed by atoms with Crippen LogP contribution < -0.4 is 15.8 Å². The quantitative estimate of drug-likeness (QED) is 0.537. The van der Waals surface area contributed by atoms with Crippen LogP contribution in [0.5, 0.6) is 0 Å². The largest absolute Gasteiger partial charge is 0.452 e. The number of carbonyl (C=O) groups excluding carboxylic acids is 3. The normalized spacial score (nSPS) is 10.9. The number of amides is 3. The van der Waals surface area contributed by atoms with E-state index in [4.69, 9.17) is 9.88 Å². The zero-order valence-corrected chi connectivity index (χ0v) is 16.8. The lowest BCUT2D eigenvalue weighted by Crippen LogP contribution is -2.41. The molecular formula is C15H14BrN3O6S2. The molecule has 0 radical (unpaired) electrons. The van der Waals surface area contributed by atoms with Crippen molar-refractivity contribution in [2.24, 2.45) is 5.14 Å². The van der Waals surface area contributed by atoms with E-state index in [2.05, 4.69) is 21.2 Å². The molecule has 1 aromatic carbocycles. The maximum Gasteiger partial charge on any atom is 0.339 e. The van der Waals surface area contributed by atoms with Gasteiger partial charge in [-0.05, 0) is 45.6 Å². The molecule has 0 unspecified atom stereocenters. The summed E-state index contributed by atoms with van der Waals surface area (Å²) in [5.74, 6) is -1.80. The van der Waals surface area contributed by atoms with Gasteiger partial charge in [0, 0.05) is 9.35 Å². The highest BCUT2D eigenvalue weighted by molar-refractivity contribution is 9.10. The SMILES string of the molecule is NS(=O)(=O)c1ccc(Br)c(C(=O)OCC(=O)NC(=O)NCc2cccs2)c1. The maximum atomic E-state index is 12.0. The topological polar surface area (TPSA) is 145 Å². The minimum absolute atomic E-state index is 0.128. The van der Waals surface area contributed by atoms with Crippen LogP contribution in [0, 0.1) is 0 Å². The van der Waals surface area contributed by atoms with Crippen molar-refractivity contribution < 1.29 is 27.5 Å². The van der Waals surface area contributed by atoms with Gasteiger partial charge in [-0.3, -0.25) is 10.1 Å². The number of rotatable bonds is 6. The summed E-state index contributed by atoms with van der Waals surface area (Å²) >= 11 is 4.53. The molecule has 0 spiro atoms. The monoisotopic (exact) mass is 475 g/mol. The van der Waals surface area contributed by atoms with Crippen molar-refractivity contribution in [1.82, 2.24) is 10.6 Å². The Labute approximate surface area is 167 Å². The second kappa shape index (κ2) is 9.08. The van der Waals surface area contributed by atoms with Gasteiger partial charge in [-0.2, -0.15) is 0 Å². The predicted molar refractivity (Wildman–Crippen MR) is 100 cm³/mol. The molecule has 1 heterocycles. The number of ether oxygens (including phenoxy) is 1. The van der Waals surface area contributed by atoms with E-state index in [0.717, 1.165) is 10.9 Å². The summed E-state index contributed by atoms with van der Waals surface area (Å²) in [5.41, 5.74) is -0.128. The Hall–Kier alpha value is -2.28. The van der Waals surface area contributed by atoms with Crippen LogP contribution in [0.15, 0.2) is 45.1 Å². The molecular weight excluding hydrogens is 462 g/mol. The third kappa shape index (κ3) is 6.43. The number of sulfonamides is 1. The standard InChI is InChI=1S/C15H14BrN3O6S2/c16-12-4-3-10(27(17,23)24)6-11(12)14(21)25-8-13(20)19-15(22)18-7-9-2-1-5-26-9/h1-6H,7-8H2,(H2,17,23,24)(H2,18,19,20,22). The molecule has 0 aliphatic carbocycles. The molecule has 144 valence electrons. The molecule has 27 heavy (non-hydrogen) atoms. The average molecular weight is 476 g/mol. The number of benzene rings is 1. The summed E-state index contributed by atoms with van der Waals surface area (Å²) < 4.78 is 27.8. The summed E-state index contributed by atoms with van der Waals surface area (Å²) in [6.45, 7) is -0.471. The van der Waals surface area contributed by atoms with Crippen molar-refractivity contribution in [1.29, 1.82) is 0 Å². The lowest BCUT2D eigenvalue weighted by atomic mass is 10.2. The predicted octanol–water partition coefficient (Wildman–Crippen LogP) is 1.34. The fourth-order valence-corrected chi connectivity index (χ4v) is 3.43. The Kier molecular flexibility index (Phi) is 7.07.